The average Bonchev–Trinajstić information content (AvgIpc) is 3.71. The number of rotatable bonds is 6. The molecule has 0 bridgehead atoms. The molecular formula is C30H33BrN8OS. The number of thiophene rings is 1. The van der Waals surface area contributed by atoms with Crippen LogP contribution in [0, 0.1) is 13.8 Å². The molecule has 0 spiro atoms. The van der Waals surface area contributed by atoms with Crippen LogP contribution < -0.4 is 10.1 Å². The van der Waals surface area contributed by atoms with E-state index in [2.05, 4.69) is 88.8 Å². The quantitative estimate of drug-likeness (QED) is 0.221. The third kappa shape index (κ3) is 5.79. The van der Waals surface area contributed by atoms with Crippen LogP contribution in [-0.4, -0.2) is 66.9 Å². The van der Waals surface area contributed by atoms with E-state index in [-0.39, 0.29) is 0 Å². The van der Waals surface area contributed by atoms with Crippen molar-refractivity contribution >= 4 is 54.7 Å². The number of aryl methyl sites for hydroxylation is 2. The molecule has 11 heteroatoms. The van der Waals surface area contributed by atoms with E-state index in [1.807, 2.05) is 23.7 Å². The summed E-state index contributed by atoms with van der Waals surface area (Å²) in [5, 5.41) is 3.56. The standard InChI is InChI=1S/C22H25N5S.C8H8BrN3O/c1-16-15-24-21-20(23-10-13-26-11-6-3-7-12-26)25-18-14-19(28-22(18)27(16)21)17-8-4-2-5-9-17;1-5-3-10-7-8(13-2)11-6(9)4-12(5)7/h2,4-5,8-9,14-15H,3,6-7,10-13H2,1H3,(H,23,25);3-4H,1-2H3. The largest absolute Gasteiger partial charge is 0.478 e. The molecule has 1 aromatic carbocycles. The Hall–Kier alpha value is -3.54. The highest BCUT2D eigenvalue weighted by molar-refractivity contribution is 9.10. The summed E-state index contributed by atoms with van der Waals surface area (Å²) in [7, 11) is 1.58. The second-order valence-electron chi connectivity index (χ2n) is 10.2. The minimum Gasteiger partial charge on any atom is -0.478 e. The van der Waals surface area contributed by atoms with Crippen LogP contribution in [0.2, 0.25) is 0 Å². The van der Waals surface area contributed by atoms with Crippen molar-refractivity contribution in [1.29, 1.82) is 0 Å². The number of halogens is 1. The van der Waals surface area contributed by atoms with Crippen LogP contribution in [0.5, 0.6) is 5.88 Å². The molecule has 9 nitrogen and oxygen atoms in total. The Labute approximate surface area is 251 Å². The highest BCUT2D eigenvalue weighted by Gasteiger charge is 2.16. The molecule has 0 radical (unpaired) electrons. The minimum absolute atomic E-state index is 0.530. The minimum atomic E-state index is 0.530. The summed E-state index contributed by atoms with van der Waals surface area (Å²) < 4.78 is 10.00. The fourth-order valence-corrected chi connectivity index (χ4v) is 6.74. The van der Waals surface area contributed by atoms with Crippen molar-refractivity contribution in [1.82, 2.24) is 33.6 Å². The summed E-state index contributed by atoms with van der Waals surface area (Å²) in [4.78, 5) is 22.9. The molecule has 1 aliphatic rings. The van der Waals surface area contributed by atoms with Crippen LogP contribution in [-0.2, 0) is 0 Å². The Morgan fingerprint density at radius 1 is 0.976 bits per heavy atom. The molecule has 0 amide bonds. The zero-order chi connectivity index (χ0) is 28.3. The van der Waals surface area contributed by atoms with E-state index in [1.165, 1.54) is 42.8 Å². The summed E-state index contributed by atoms with van der Waals surface area (Å²) >= 11 is 5.08. The van der Waals surface area contributed by atoms with Gasteiger partial charge in [0.25, 0.3) is 5.88 Å². The molecule has 7 rings (SSSR count). The maximum Gasteiger partial charge on any atom is 0.259 e. The number of aromatic nitrogens is 6. The van der Waals surface area contributed by atoms with Crippen LogP contribution in [0.1, 0.15) is 30.7 Å². The van der Waals surface area contributed by atoms with Gasteiger partial charge in [0.1, 0.15) is 15.0 Å². The van der Waals surface area contributed by atoms with Gasteiger partial charge in [-0.2, -0.15) is 0 Å². The highest BCUT2D eigenvalue weighted by Crippen LogP contribution is 2.35. The molecule has 1 fully saturated rings. The van der Waals surface area contributed by atoms with Gasteiger partial charge in [0, 0.05) is 47.9 Å². The normalized spacial score (nSPS) is 14.0. The lowest BCUT2D eigenvalue weighted by Crippen LogP contribution is -2.33. The molecule has 5 aromatic heterocycles. The molecule has 1 saturated heterocycles. The molecule has 41 heavy (non-hydrogen) atoms. The van der Waals surface area contributed by atoms with Crippen molar-refractivity contribution < 1.29 is 4.74 Å². The zero-order valence-electron chi connectivity index (χ0n) is 23.5. The van der Waals surface area contributed by atoms with Gasteiger partial charge in [0.05, 0.1) is 7.11 Å². The number of fused-ring (bicyclic) bond motifs is 4. The number of hydrogen-bond acceptors (Lipinski definition) is 8. The van der Waals surface area contributed by atoms with Crippen molar-refractivity contribution in [3.05, 3.63) is 71.0 Å². The van der Waals surface area contributed by atoms with Crippen molar-refractivity contribution in [3.8, 4) is 16.3 Å². The number of likely N-dealkylation sites (tertiary alicyclic amines) is 1. The predicted octanol–water partition coefficient (Wildman–Crippen LogP) is 6.63. The SMILES string of the molecule is COc1nc(Br)cn2c(C)cnc12.Cc1cnc2c(NCCN3CCCCC3)nc3cc(-c4ccccc4)sc3n12. The number of nitrogens with one attached hydrogen (secondary N) is 1. The van der Waals surface area contributed by atoms with Gasteiger partial charge < -0.3 is 15.0 Å². The van der Waals surface area contributed by atoms with Crippen molar-refractivity contribution in [3.63, 3.8) is 0 Å². The number of methoxy groups -OCH3 is 1. The number of piperidine rings is 1. The lowest BCUT2D eigenvalue weighted by molar-refractivity contribution is 0.237. The van der Waals surface area contributed by atoms with Gasteiger partial charge in [0.15, 0.2) is 11.5 Å². The Morgan fingerprint density at radius 3 is 2.51 bits per heavy atom. The maximum atomic E-state index is 5.10. The first kappa shape index (κ1) is 27.6. The summed E-state index contributed by atoms with van der Waals surface area (Å²) in [5.74, 6) is 1.41. The average molecular weight is 634 g/mol. The predicted molar refractivity (Wildman–Crippen MR) is 169 cm³/mol. The first-order valence-electron chi connectivity index (χ1n) is 13.9. The molecule has 6 heterocycles. The summed E-state index contributed by atoms with van der Waals surface area (Å²) in [6, 6.07) is 12.7. The molecule has 0 saturated carbocycles. The molecular weight excluding hydrogens is 600 g/mol. The van der Waals surface area contributed by atoms with E-state index >= 15 is 0 Å². The molecule has 1 N–H and O–H groups in total. The van der Waals surface area contributed by atoms with Crippen LogP contribution in [0.15, 0.2) is 59.6 Å². The summed E-state index contributed by atoms with van der Waals surface area (Å²) in [6.45, 7) is 8.49. The van der Waals surface area contributed by atoms with Crippen molar-refractivity contribution in [2.45, 2.75) is 33.1 Å². The van der Waals surface area contributed by atoms with Crippen LogP contribution in [0.25, 0.3) is 32.1 Å². The Balaban J connectivity index is 0.000000195. The third-order valence-corrected chi connectivity index (χ3v) is 8.86. The lowest BCUT2D eigenvalue weighted by atomic mass is 10.1. The first-order valence-corrected chi connectivity index (χ1v) is 15.5. The van der Waals surface area contributed by atoms with Crippen LogP contribution >= 0.6 is 27.3 Å². The van der Waals surface area contributed by atoms with E-state index in [0.717, 1.165) is 56.5 Å². The Morgan fingerprint density at radius 2 is 1.73 bits per heavy atom. The van der Waals surface area contributed by atoms with Gasteiger partial charge in [-0.3, -0.25) is 8.80 Å². The number of nitrogens with zero attached hydrogens (tertiary/aromatic N) is 7. The summed E-state index contributed by atoms with van der Waals surface area (Å²) in [6.07, 6.45) is 9.61. The van der Waals surface area contributed by atoms with E-state index < -0.39 is 0 Å². The van der Waals surface area contributed by atoms with Crippen molar-refractivity contribution in [2.75, 3.05) is 38.6 Å². The number of anilines is 1. The molecule has 0 aliphatic carbocycles. The van der Waals surface area contributed by atoms with Gasteiger partial charge in [-0.1, -0.05) is 36.8 Å². The number of benzene rings is 1. The highest BCUT2D eigenvalue weighted by atomic mass is 79.9. The second-order valence-corrected chi connectivity index (χ2v) is 12.0. The fourth-order valence-electron chi connectivity index (χ4n) is 5.21. The number of hydrogen-bond donors (Lipinski definition) is 1. The maximum absolute atomic E-state index is 5.10. The van der Waals surface area contributed by atoms with E-state index in [4.69, 9.17) is 9.72 Å². The monoisotopic (exact) mass is 632 g/mol. The molecule has 212 valence electrons. The Bertz CT molecular complexity index is 1790. The smallest absolute Gasteiger partial charge is 0.259 e. The van der Waals surface area contributed by atoms with E-state index in [0.29, 0.717) is 5.88 Å². The van der Waals surface area contributed by atoms with E-state index in [9.17, 15) is 0 Å². The zero-order valence-corrected chi connectivity index (χ0v) is 25.9. The van der Waals surface area contributed by atoms with Crippen molar-refractivity contribution in [2.24, 2.45) is 0 Å². The fraction of sp³-hybridized carbons (Fsp3) is 0.333. The van der Waals surface area contributed by atoms with Gasteiger partial charge in [-0.25, -0.2) is 19.9 Å². The Kier molecular flexibility index (Phi) is 8.18. The van der Waals surface area contributed by atoms with Gasteiger partial charge in [-0.05, 0) is 67.3 Å². The van der Waals surface area contributed by atoms with E-state index in [1.54, 1.807) is 24.6 Å². The van der Waals surface area contributed by atoms with Crippen LogP contribution in [0.3, 0.4) is 0 Å². The molecule has 1 aliphatic heterocycles. The summed E-state index contributed by atoms with van der Waals surface area (Å²) in [5.41, 5.74) is 6.11. The second kappa shape index (κ2) is 12.1. The topological polar surface area (TPSA) is 84.9 Å². The number of imidazole rings is 2. The third-order valence-electron chi connectivity index (χ3n) is 7.32. The molecule has 0 unspecified atom stereocenters. The molecule has 6 aromatic rings. The van der Waals surface area contributed by atoms with Gasteiger partial charge in [-0.15, -0.1) is 11.3 Å². The lowest BCUT2D eigenvalue weighted by Gasteiger charge is -2.26. The van der Waals surface area contributed by atoms with Crippen LogP contribution in [0.4, 0.5) is 5.82 Å². The van der Waals surface area contributed by atoms with Gasteiger partial charge in [0.2, 0.25) is 5.65 Å². The van der Waals surface area contributed by atoms with Gasteiger partial charge >= 0.3 is 0 Å². The first-order chi connectivity index (χ1) is 20.0. The molecule has 0 atom stereocenters. The number of ether oxygens (including phenoxy) is 1.